The van der Waals surface area contributed by atoms with Gasteiger partial charge in [-0.25, -0.2) is 17.8 Å². The second kappa shape index (κ2) is 9.69. The lowest BCUT2D eigenvalue weighted by atomic mass is 9.87. The van der Waals surface area contributed by atoms with Gasteiger partial charge in [0.2, 0.25) is 5.82 Å². The number of piperidine rings is 1. The van der Waals surface area contributed by atoms with E-state index in [1.807, 2.05) is 11.0 Å². The molecule has 14 heteroatoms. The number of carbonyl (C=O) groups is 1. The molecular weight excluding hydrogens is 561 g/mol. The number of hydrogen-bond acceptors (Lipinski definition) is 9. The summed E-state index contributed by atoms with van der Waals surface area (Å²) in [6.07, 6.45) is 8.39. The highest BCUT2D eigenvalue weighted by Crippen LogP contribution is 2.45. The number of nitrogen functional groups attached to an aromatic ring is 1. The largest absolute Gasteiger partial charge is 0.382 e. The Morgan fingerprint density at radius 3 is 2.52 bits per heavy atom. The van der Waals surface area contributed by atoms with Gasteiger partial charge in [0.25, 0.3) is 5.91 Å². The molecule has 2 fully saturated rings. The highest BCUT2D eigenvalue weighted by atomic mass is 32.2. The topological polar surface area (TPSA) is 165 Å². The molecule has 0 unspecified atom stereocenters. The van der Waals surface area contributed by atoms with Gasteiger partial charge in [-0.3, -0.25) is 9.78 Å². The molecule has 214 valence electrons. The Bertz CT molecular complexity index is 1930. The predicted octanol–water partition coefficient (Wildman–Crippen LogP) is 3.25. The summed E-state index contributed by atoms with van der Waals surface area (Å²) >= 11 is 0. The van der Waals surface area contributed by atoms with Crippen LogP contribution in [0.2, 0.25) is 0 Å². The Morgan fingerprint density at radius 2 is 1.88 bits per heavy atom. The first kappa shape index (κ1) is 26.2. The third kappa shape index (κ3) is 4.29. The molecule has 1 amide bonds. The van der Waals surface area contributed by atoms with Gasteiger partial charge in [-0.05, 0) is 43.9 Å². The fourth-order valence-corrected chi connectivity index (χ4v) is 7.47. The summed E-state index contributed by atoms with van der Waals surface area (Å²) in [5.74, 6) is -0.629. The molecular formula is C28H26FN9O3S. The van der Waals surface area contributed by atoms with E-state index in [9.17, 15) is 17.6 Å². The fraction of sp³-hybridized carbons (Fsp3) is 0.286. The summed E-state index contributed by atoms with van der Waals surface area (Å²) in [6, 6.07) is 9.61. The van der Waals surface area contributed by atoms with Crippen LogP contribution in [0.1, 0.15) is 47.9 Å². The number of nitrogens with two attached hydrogens (primary N) is 1. The monoisotopic (exact) mass is 587 g/mol. The van der Waals surface area contributed by atoms with Crippen molar-refractivity contribution in [3.63, 3.8) is 0 Å². The van der Waals surface area contributed by atoms with Crippen molar-refractivity contribution in [3.8, 4) is 22.4 Å². The maximum atomic E-state index is 13.7. The van der Waals surface area contributed by atoms with Crippen LogP contribution in [0.4, 0.5) is 10.2 Å². The fourth-order valence-electron chi connectivity index (χ4n) is 6.41. The maximum Gasteiger partial charge on any atom is 0.292 e. The number of sulfone groups is 1. The summed E-state index contributed by atoms with van der Waals surface area (Å²) in [4.78, 5) is 27.1. The Hall–Kier alpha value is -4.72. The molecule has 5 aromatic rings. The number of fused-ring (bicyclic) bond motifs is 3. The van der Waals surface area contributed by atoms with Crippen LogP contribution in [0.25, 0.3) is 28.0 Å². The van der Waals surface area contributed by atoms with Crippen molar-refractivity contribution in [2.24, 2.45) is 0 Å². The third-order valence-corrected chi connectivity index (χ3v) is 9.36. The summed E-state index contributed by atoms with van der Waals surface area (Å²) in [5.41, 5.74) is 9.85. The number of carbonyl (C=O) groups excluding carboxylic acids is 1. The van der Waals surface area contributed by atoms with Crippen molar-refractivity contribution in [1.29, 1.82) is 0 Å². The van der Waals surface area contributed by atoms with Gasteiger partial charge in [-0.15, -0.1) is 10.2 Å². The molecule has 0 radical (unpaired) electrons. The van der Waals surface area contributed by atoms with Crippen LogP contribution in [0.15, 0.2) is 60.0 Å². The number of halogens is 1. The minimum atomic E-state index is -3.78. The van der Waals surface area contributed by atoms with Crippen molar-refractivity contribution in [2.75, 3.05) is 12.0 Å². The molecule has 4 aromatic heterocycles. The minimum absolute atomic E-state index is 0.0133. The molecule has 0 spiro atoms. The molecule has 12 nitrogen and oxygen atoms in total. The van der Waals surface area contributed by atoms with Crippen LogP contribution >= 0.6 is 0 Å². The zero-order chi connectivity index (χ0) is 29.2. The molecule has 7 rings (SSSR count). The van der Waals surface area contributed by atoms with E-state index in [1.165, 1.54) is 23.0 Å². The van der Waals surface area contributed by atoms with Crippen LogP contribution in [0.3, 0.4) is 0 Å². The lowest BCUT2D eigenvalue weighted by molar-refractivity contribution is 0.0556. The van der Waals surface area contributed by atoms with Gasteiger partial charge in [0.15, 0.2) is 15.5 Å². The molecule has 3 N–H and O–H groups in total. The van der Waals surface area contributed by atoms with Crippen molar-refractivity contribution in [2.45, 2.75) is 48.6 Å². The number of aromatic amines is 1. The van der Waals surface area contributed by atoms with Crippen molar-refractivity contribution in [3.05, 3.63) is 72.5 Å². The molecule has 0 aliphatic carbocycles. The summed E-state index contributed by atoms with van der Waals surface area (Å²) < 4.78 is 41.2. The molecule has 6 heterocycles. The number of H-pyrrole nitrogens is 1. The number of rotatable bonds is 5. The third-order valence-electron chi connectivity index (χ3n) is 8.20. The van der Waals surface area contributed by atoms with Crippen molar-refractivity contribution >= 4 is 27.2 Å². The molecule has 2 bridgehead atoms. The van der Waals surface area contributed by atoms with E-state index in [0.717, 1.165) is 19.1 Å². The van der Waals surface area contributed by atoms with Gasteiger partial charge in [0.05, 0.1) is 17.6 Å². The standard InChI is InChI=1S/C28H26FN9O3S/c1-42(40,41)24-23(17-10-19-6-7-20(11-17)37(19)28(39)26-32-14-33-36-26)35-27-21(13-34-38(27)25(24)30)16-5-8-22(31-12-16)15-3-2-4-18(29)9-15/h2-5,8-9,12-14,17,19-20H,6-7,10-11,30H2,1H3,(H,32,33,36)/t17-,19+,20-. The van der Waals surface area contributed by atoms with E-state index >= 15 is 0 Å². The van der Waals surface area contributed by atoms with Crippen LogP contribution in [-0.2, 0) is 9.84 Å². The predicted molar refractivity (Wildman–Crippen MR) is 150 cm³/mol. The molecule has 2 aliphatic rings. The minimum Gasteiger partial charge on any atom is -0.382 e. The number of nitrogens with one attached hydrogen (secondary N) is 1. The van der Waals surface area contributed by atoms with Gasteiger partial charge in [0.1, 0.15) is 22.9 Å². The van der Waals surface area contributed by atoms with Crippen LogP contribution < -0.4 is 5.73 Å². The highest BCUT2D eigenvalue weighted by Gasteiger charge is 2.46. The number of hydrogen-bond donors (Lipinski definition) is 2. The highest BCUT2D eigenvalue weighted by molar-refractivity contribution is 7.91. The van der Waals surface area contributed by atoms with Gasteiger partial charge < -0.3 is 15.6 Å². The van der Waals surface area contributed by atoms with Crippen LogP contribution in [-0.4, -0.2) is 72.3 Å². The molecule has 2 aliphatic heterocycles. The van der Waals surface area contributed by atoms with Gasteiger partial charge >= 0.3 is 0 Å². The van der Waals surface area contributed by atoms with E-state index in [0.29, 0.717) is 46.6 Å². The second-order valence-electron chi connectivity index (χ2n) is 10.8. The smallest absolute Gasteiger partial charge is 0.292 e. The second-order valence-corrected chi connectivity index (χ2v) is 12.8. The van der Waals surface area contributed by atoms with Gasteiger partial charge in [-0.2, -0.15) is 9.61 Å². The summed E-state index contributed by atoms with van der Waals surface area (Å²) in [7, 11) is -3.78. The zero-order valence-electron chi connectivity index (χ0n) is 22.5. The molecule has 0 saturated carbocycles. The number of pyridine rings is 1. The SMILES string of the molecule is CS(=O)(=O)c1c([C@H]2C[C@H]3CC[C@@H](C2)N3C(=O)c2nnc[nH]2)nc2c(-c3ccc(-c4cccc(F)c4)nc3)cnn2c1N. The molecule has 42 heavy (non-hydrogen) atoms. The molecule has 1 aromatic carbocycles. The summed E-state index contributed by atoms with van der Waals surface area (Å²) in [6.45, 7) is 0. The number of anilines is 1. The maximum absolute atomic E-state index is 13.7. The average molecular weight is 588 g/mol. The molecule has 2 saturated heterocycles. The number of aromatic nitrogens is 7. The first-order chi connectivity index (χ1) is 20.2. The van der Waals surface area contributed by atoms with Gasteiger partial charge in [-0.1, -0.05) is 18.2 Å². The quantitative estimate of drug-likeness (QED) is 0.314. The van der Waals surface area contributed by atoms with E-state index in [1.54, 1.807) is 30.6 Å². The van der Waals surface area contributed by atoms with E-state index in [4.69, 9.17) is 10.7 Å². The summed E-state index contributed by atoms with van der Waals surface area (Å²) in [5, 5.41) is 12.0. The number of nitrogens with zero attached hydrogens (tertiary/aromatic N) is 7. The lowest BCUT2D eigenvalue weighted by Crippen LogP contribution is -2.46. The van der Waals surface area contributed by atoms with Crippen molar-refractivity contribution < 1.29 is 17.6 Å². The first-order valence-corrected chi connectivity index (χ1v) is 15.4. The van der Waals surface area contributed by atoms with Crippen LogP contribution in [0, 0.1) is 5.82 Å². The Kier molecular flexibility index (Phi) is 6.04. The van der Waals surface area contributed by atoms with E-state index in [2.05, 4.69) is 25.3 Å². The lowest BCUT2D eigenvalue weighted by Gasteiger charge is -2.38. The molecule has 3 atom stereocenters. The normalized spacial score (nSPS) is 20.3. The Morgan fingerprint density at radius 1 is 1.10 bits per heavy atom. The van der Waals surface area contributed by atoms with Gasteiger partial charge in [0, 0.05) is 47.1 Å². The van der Waals surface area contributed by atoms with Crippen LogP contribution in [0.5, 0.6) is 0 Å². The Balaban J connectivity index is 1.28. The average Bonchev–Trinajstić information content (AvgIpc) is 3.71. The van der Waals surface area contributed by atoms with Crippen molar-refractivity contribution in [1.82, 2.24) is 39.7 Å². The van der Waals surface area contributed by atoms with E-state index in [-0.39, 0.29) is 46.3 Å². The number of benzene rings is 1. The zero-order valence-corrected chi connectivity index (χ0v) is 23.3. The number of amides is 1. The van der Waals surface area contributed by atoms with E-state index < -0.39 is 9.84 Å². The Labute approximate surface area is 239 Å². The first-order valence-electron chi connectivity index (χ1n) is 13.5.